The maximum atomic E-state index is 5.35. The van der Waals surface area contributed by atoms with Crippen molar-refractivity contribution in [1.82, 2.24) is 15.5 Å². The highest BCUT2D eigenvalue weighted by Crippen LogP contribution is 2.15. The van der Waals surface area contributed by atoms with Crippen molar-refractivity contribution in [1.29, 1.82) is 0 Å². The van der Waals surface area contributed by atoms with Crippen LogP contribution in [-0.4, -0.2) is 23.2 Å². The minimum atomic E-state index is 0.684. The molecule has 0 radical (unpaired) electrons. The molecule has 1 unspecified atom stereocenters. The van der Waals surface area contributed by atoms with Crippen LogP contribution in [0.25, 0.3) is 0 Å². The van der Waals surface area contributed by atoms with Crippen molar-refractivity contribution in [2.45, 2.75) is 71.1 Å². The number of nitrogens with one attached hydrogen (secondary N) is 1. The van der Waals surface area contributed by atoms with E-state index in [4.69, 9.17) is 4.52 Å². The first-order valence-electron chi connectivity index (χ1n) is 8.40. The zero-order valence-electron chi connectivity index (χ0n) is 12.9. The van der Waals surface area contributed by atoms with Crippen molar-refractivity contribution in [3.63, 3.8) is 0 Å². The van der Waals surface area contributed by atoms with Gasteiger partial charge in [-0.15, -0.1) is 0 Å². The van der Waals surface area contributed by atoms with Gasteiger partial charge in [-0.2, -0.15) is 4.98 Å². The highest BCUT2D eigenvalue weighted by atomic mass is 16.5. The summed E-state index contributed by atoms with van der Waals surface area (Å²) in [5, 5.41) is 7.56. The Morgan fingerprint density at radius 2 is 2.05 bits per heavy atom. The van der Waals surface area contributed by atoms with Gasteiger partial charge in [0, 0.05) is 12.8 Å². The summed E-state index contributed by atoms with van der Waals surface area (Å²) in [5.74, 6) is 2.42. The smallest absolute Gasteiger partial charge is 0.226 e. The fourth-order valence-electron chi connectivity index (χ4n) is 2.89. The van der Waals surface area contributed by atoms with E-state index in [1.807, 2.05) is 0 Å². The SMILES string of the molecule is CCCCCCCCc1nc(CC2CCCNC2)no1. The highest BCUT2D eigenvalue weighted by Gasteiger charge is 2.16. The molecule has 1 aliphatic heterocycles. The Morgan fingerprint density at radius 1 is 1.20 bits per heavy atom. The molecule has 20 heavy (non-hydrogen) atoms. The normalized spacial score (nSPS) is 19.4. The lowest BCUT2D eigenvalue weighted by molar-refractivity contribution is 0.348. The predicted molar refractivity (Wildman–Crippen MR) is 80.7 cm³/mol. The summed E-state index contributed by atoms with van der Waals surface area (Å²) in [6.45, 7) is 4.51. The van der Waals surface area contributed by atoms with E-state index in [-0.39, 0.29) is 0 Å². The third-order valence-corrected chi connectivity index (χ3v) is 4.12. The summed E-state index contributed by atoms with van der Waals surface area (Å²) in [6.07, 6.45) is 12.3. The zero-order valence-corrected chi connectivity index (χ0v) is 12.9. The Morgan fingerprint density at radius 3 is 2.85 bits per heavy atom. The fraction of sp³-hybridized carbons (Fsp3) is 0.875. The molecule has 114 valence electrons. The lowest BCUT2D eigenvalue weighted by Crippen LogP contribution is -2.31. The molecule has 0 amide bonds. The van der Waals surface area contributed by atoms with Gasteiger partial charge in [-0.25, -0.2) is 0 Å². The van der Waals surface area contributed by atoms with Gasteiger partial charge in [-0.1, -0.05) is 44.2 Å². The van der Waals surface area contributed by atoms with E-state index in [9.17, 15) is 0 Å². The number of rotatable bonds is 9. The largest absolute Gasteiger partial charge is 0.339 e. The van der Waals surface area contributed by atoms with Crippen LogP contribution in [0.3, 0.4) is 0 Å². The molecule has 1 saturated heterocycles. The van der Waals surface area contributed by atoms with Gasteiger partial charge in [0.25, 0.3) is 0 Å². The van der Waals surface area contributed by atoms with Crippen LogP contribution in [0.4, 0.5) is 0 Å². The molecular formula is C16H29N3O. The Balaban J connectivity index is 1.61. The number of aromatic nitrogens is 2. The molecule has 2 rings (SSSR count). The van der Waals surface area contributed by atoms with Crippen molar-refractivity contribution < 1.29 is 4.52 Å². The van der Waals surface area contributed by atoms with E-state index in [1.165, 1.54) is 51.4 Å². The van der Waals surface area contributed by atoms with E-state index in [0.717, 1.165) is 37.6 Å². The molecule has 0 aromatic carbocycles. The monoisotopic (exact) mass is 279 g/mol. The first-order chi connectivity index (χ1) is 9.88. The number of unbranched alkanes of at least 4 members (excludes halogenated alkanes) is 5. The molecule has 1 N–H and O–H groups in total. The summed E-state index contributed by atoms with van der Waals surface area (Å²) < 4.78 is 5.35. The molecule has 1 aromatic rings. The Kier molecular flexibility index (Phi) is 7.06. The number of nitrogens with zero attached hydrogens (tertiary/aromatic N) is 2. The number of hydrogen-bond acceptors (Lipinski definition) is 4. The van der Waals surface area contributed by atoms with Gasteiger partial charge in [-0.3, -0.25) is 0 Å². The minimum absolute atomic E-state index is 0.684. The second-order valence-corrected chi connectivity index (χ2v) is 6.04. The first kappa shape index (κ1) is 15.5. The molecular weight excluding hydrogens is 250 g/mol. The molecule has 1 aliphatic rings. The first-order valence-corrected chi connectivity index (χ1v) is 8.40. The molecule has 0 spiro atoms. The van der Waals surface area contributed by atoms with Crippen molar-refractivity contribution in [3.8, 4) is 0 Å². The van der Waals surface area contributed by atoms with Gasteiger partial charge in [0.05, 0.1) is 0 Å². The van der Waals surface area contributed by atoms with Gasteiger partial charge in [0.2, 0.25) is 5.89 Å². The van der Waals surface area contributed by atoms with Crippen LogP contribution in [0.15, 0.2) is 4.52 Å². The molecule has 4 heteroatoms. The Hall–Kier alpha value is -0.900. The van der Waals surface area contributed by atoms with E-state index in [2.05, 4.69) is 22.4 Å². The summed E-state index contributed by atoms with van der Waals surface area (Å²) >= 11 is 0. The number of aryl methyl sites for hydroxylation is 1. The molecule has 1 atom stereocenters. The van der Waals surface area contributed by atoms with Crippen molar-refractivity contribution in [2.75, 3.05) is 13.1 Å². The van der Waals surface area contributed by atoms with Crippen molar-refractivity contribution in [3.05, 3.63) is 11.7 Å². The summed E-state index contributed by atoms with van der Waals surface area (Å²) in [4.78, 5) is 4.53. The van der Waals surface area contributed by atoms with Gasteiger partial charge in [0.15, 0.2) is 5.82 Å². The lowest BCUT2D eigenvalue weighted by Gasteiger charge is -2.20. The fourth-order valence-corrected chi connectivity index (χ4v) is 2.89. The summed E-state index contributed by atoms with van der Waals surface area (Å²) in [7, 11) is 0. The van der Waals surface area contributed by atoms with E-state index in [1.54, 1.807) is 0 Å². The Labute approximate surface area is 122 Å². The quantitative estimate of drug-likeness (QED) is 0.703. The van der Waals surface area contributed by atoms with Crippen LogP contribution in [-0.2, 0) is 12.8 Å². The van der Waals surface area contributed by atoms with Crippen LogP contribution >= 0.6 is 0 Å². The van der Waals surface area contributed by atoms with Crippen LogP contribution in [0.2, 0.25) is 0 Å². The minimum Gasteiger partial charge on any atom is -0.339 e. The van der Waals surface area contributed by atoms with Crippen molar-refractivity contribution in [2.24, 2.45) is 5.92 Å². The molecule has 4 nitrogen and oxygen atoms in total. The van der Waals surface area contributed by atoms with Crippen LogP contribution in [0.1, 0.15) is 70.0 Å². The molecule has 0 saturated carbocycles. The van der Waals surface area contributed by atoms with Gasteiger partial charge >= 0.3 is 0 Å². The highest BCUT2D eigenvalue weighted by molar-refractivity contribution is 4.89. The zero-order chi connectivity index (χ0) is 14.0. The predicted octanol–water partition coefficient (Wildman–Crippen LogP) is 3.51. The number of hydrogen-bond donors (Lipinski definition) is 1. The van der Waals surface area contributed by atoms with Crippen LogP contribution in [0, 0.1) is 5.92 Å². The average Bonchev–Trinajstić information content (AvgIpc) is 2.91. The molecule has 1 aromatic heterocycles. The molecule has 2 heterocycles. The molecule has 1 fully saturated rings. The van der Waals surface area contributed by atoms with Crippen LogP contribution < -0.4 is 5.32 Å². The van der Waals surface area contributed by atoms with Gasteiger partial charge < -0.3 is 9.84 Å². The Bertz CT molecular complexity index is 358. The topological polar surface area (TPSA) is 51.0 Å². The van der Waals surface area contributed by atoms with E-state index < -0.39 is 0 Å². The van der Waals surface area contributed by atoms with Gasteiger partial charge in [-0.05, 0) is 38.3 Å². The van der Waals surface area contributed by atoms with E-state index in [0.29, 0.717) is 5.92 Å². The standard InChI is InChI=1S/C16H29N3O/c1-2-3-4-5-6-7-10-16-18-15(19-20-16)12-14-9-8-11-17-13-14/h14,17H,2-13H2,1H3. The second kappa shape index (κ2) is 9.11. The third kappa shape index (κ3) is 5.61. The molecule has 0 bridgehead atoms. The van der Waals surface area contributed by atoms with Crippen LogP contribution in [0.5, 0.6) is 0 Å². The molecule has 0 aliphatic carbocycles. The average molecular weight is 279 g/mol. The summed E-state index contributed by atoms with van der Waals surface area (Å²) in [6, 6.07) is 0. The summed E-state index contributed by atoms with van der Waals surface area (Å²) in [5.41, 5.74) is 0. The second-order valence-electron chi connectivity index (χ2n) is 6.04. The van der Waals surface area contributed by atoms with E-state index >= 15 is 0 Å². The number of piperidine rings is 1. The van der Waals surface area contributed by atoms with Gasteiger partial charge in [0.1, 0.15) is 0 Å². The maximum absolute atomic E-state index is 5.35. The maximum Gasteiger partial charge on any atom is 0.226 e. The lowest BCUT2D eigenvalue weighted by atomic mass is 9.96. The third-order valence-electron chi connectivity index (χ3n) is 4.12. The van der Waals surface area contributed by atoms with Crippen molar-refractivity contribution >= 4 is 0 Å².